The summed E-state index contributed by atoms with van der Waals surface area (Å²) in [6.07, 6.45) is 8.03. The summed E-state index contributed by atoms with van der Waals surface area (Å²) in [5.74, 6) is -0.616. The van der Waals surface area contributed by atoms with Gasteiger partial charge in [0.1, 0.15) is 24.0 Å². The van der Waals surface area contributed by atoms with E-state index in [1.165, 1.54) is 18.4 Å². The SMILES string of the molecule is CO[C@@H]1O[C@H](Cn2cc(C3=CCCCC3)nn2)[C@@H]2OC(C)(C)OC12. The fraction of sp³-hybridized carbons (Fsp3) is 0.765. The van der Waals surface area contributed by atoms with E-state index in [9.17, 15) is 0 Å². The summed E-state index contributed by atoms with van der Waals surface area (Å²) in [6.45, 7) is 4.40. The van der Waals surface area contributed by atoms with E-state index in [1.807, 2.05) is 24.7 Å². The number of nitrogens with zero attached hydrogens (tertiary/aromatic N) is 3. The summed E-state index contributed by atoms with van der Waals surface area (Å²) in [5.41, 5.74) is 2.27. The first-order valence-electron chi connectivity index (χ1n) is 8.69. The summed E-state index contributed by atoms with van der Waals surface area (Å²) < 4.78 is 25.1. The molecule has 4 atom stereocenters. The van der Waals surface area contributed by atoms with Crippen molar-refractivity contribution in [2.24, 2.45) is 0 Å². The van der Waals surface area contributed by atoms with E-state index in [0.29, 0.717) is 6.54 Å². The van der Waals surface area contributed by atoms with Gasteiger partial charge >= 0.3 is 0 Å². The Kier molecular flexibility index (Phi) is 4.20. The maximum Gasteiger partial charge on any atom is 0.186 e. The summed E-state index contributed by atoms with van der Waals surface area (Å²) in [4.78, 5) is 0. The number of allylic oxidation sites excluding steroid dienone is 2. The van der Waals surface area contributed by atoms with Crippen LogP contribution in [0.5, 0.6) is 0 Å². The second kappa shape index (κ2) is 6.22. The Hall–Kier alpha value is -1.28. The van der Waals surface area contributed by atoms with Crippen LogP contribution in [-0.4, -0.2) is 52.5 Å². The van der Waals surface area contributed by atoms with Gasteiger partial charge < -0.3 is 18.9 Å². The zero-order chi connectivity index (χ0) is 16.7. The molecule has 2 saturated heterocycles. The minimum atomic E-state index is -0.616. The summed E-state index contributed by atoms with van der Waals surface area (Å²) in [6, 6.07) is 0. The fourth-order valence-corrected chi connectivity index (χ4v) is 3.77. The van der Waals surface area contributed by atoms with Crippen molar-refractivity contribution in [1.82, 2.24) is 15.0 Å². The van der Waals surface area contributed by atoms with Crippen LogP contribution in [0.15, 0.2) is 12.3 Å². The van der Waals surface area contributed by atoms with Crippen molar-refractivity contribution in [3.05, 3.63) is 18.0 Å². The molecular weight excluding hydrogens is 310 g/mol. The molecule has 1 aliphatic carbocycles. The molecule has 2 fully saturated rings. The first-order valence-corrected chi connectivity index (χ1v) is 8.69. The Bertz CT molecular complexity index is 627. The molecular formula is C17H25N3O4. The van der Waals surface area contributed by atoms with E-state index >= 15 is 0 Å². The molecule has 0 bridgehead atoms. The summed E-state index contributed by atoms with van der Waals surface area (Å²) in [7, 11) is 1.63. The minimum Gasteiger partial charge on any atom is -0.353 e. The molecule has 0 spiro atoms. The fourth-order valence-electron chi connectivity index (χ4n) is 3.77. The van der Waals surface area contributed by atoms with E-state index in [4.69, 9.17) is 18.9 Å². The Morgan fingerprint density at radius 2 is 2.12 bits per heavy atom. The van der Waals surface area contributed by atoms with Crippen molar-refractivity contribution in [2.45, 2.75) is 76.5 Å². The van der Waals surface area contributed by atoms with Gasteiger partial charge in [-0.15, -0.1) is 5.10 Å². The average molecular weight is 335 g/mol. The third kappa shape index (κ3) is 3.01. The first-order chi connectivity index (χ1) is 11.6. The molecule has 0 aromatic carbocycles. The lowest BCUT2D eigenvalue weighted by atomic mass is 9.98. The van der Waals surface area contributed by atoms with E-state index in [-0.39, 0.29) is 18.3 Å². The Balaban J connectivity index is 1.47. The van der Waals surface area contributed by atoms with Crippen LogP contribution in [0, 0.1) is 0 Å². The number of rotatable bonds is 4. The monoisotopic (exact) mass is 335 g/mol. The Labute approximate surface area is 141 Å². The molecule has 24 heavy (non-hydrogen) atoms. The number of hydrogen-bond donors (Lipinski definition) is 0. The molecule has 7 nitrogen and oxygen atoms in total. The Morgan fingerprint density at radius 1 is 1.29 bits per heavy atom. The maximum atomic E-state index is 6.01. The van der Waals surface area contributed by atoms with Crippen molar-refractivity contribution in [2.75, 3.05) is 7.11 Å². The van der Waals surface area contributed by atoms with Crippen LogP contribution in [0.2, 0.25) is 0 Å². The van der Waals surface area contributed by atoms with Gasteiger partial charge in [0.25, 0.3) is 0 Å². The van der Waals surface area contributed by atoms with E-state index in [2.05, 4.69) is 16.4 Å². The van der Waals surface area contributed by atoms with Crippen molar-refractivity contribution in [1.29, 1.82) is 0 Å². The van der Waals surface area contributed by atoms with Gasteiger partial charge in [0.05, 0.1) is 12.7 Å². The molecule has 0 N–H and O–H groups in total. The van der Waals surface area contributed by atoms with Crippen LogP contribution in [0.3, 0.4) is 0 Å². The Morgan fingerprint density at radius 3 is 2.88 bits per heavy atom. The molecule has 3 aliphatic rings. The summed E-state index contributed by atoms with van der Waals surface area (Å²) >= 11 is 0. The van der Waals surface area contributed by atoms with Crippen LogP contribution in [-0.2, 0) is 25.5 Å². The largest absolute Gasteiger partial charge is 0.353 e. The van der Waals surface area contributed by atoms with Crippen LogP contribution in [0.1, 0.15) is 45.2 Å². The molecule has 2 aliphatic heterocycles. The highest BCUT2D eigenvalue weighted by atomic mass is 16.8. The maximum absolute atomic E-state index is 6.01. The van der Waals surface area contributed by atoms with Gasteiger partial charge in [-0.05, 0) is 45.1 Å². The predicted molar refractivity (Wildman–Crippen MR) is 86.0 cm³/mol. The second-order valence-corrected chi connectivity index (χ2v) is 7.14. The molecule has 4 rings (SSSR count). The quantitative estimate of drug-likeness (QED) is 0.840. The average Bonchev–Trinajstić information content (AvgIpc) is 3.23. The van der Waals surface area contributed by atoms with Gasteiger partial charge in [0, 0.05) is 7.11 Å². The number of aromatic nitrogens is 3. The molecule has 7 heteroatoms. The summed E-state index contributed by atoms with van der Waals surface area (Å²) in [5, 5.41) is 8.59. The molecule has 0 amide bonds. The van der Waals surface area contributed by atoms with Crippen LogP contribution in [0.25, 0.3) is 5.57 Å². The number of fused-ring (bicyclic) bond motifs is 1. The van der Waals surface area contributed by atoms with Crippen molar-refractivity contribution < 1.29 is 18.9 Å². The molecule has 0 saturated carbocycles. The van der Waals surface area contributed by atoms with Crippen molar-refractivity contribution in [3.63, 3.8) is 0 Å². The highest BCUT2D eigenvalue weighted by Crippen LogP contribution is 2.39. The number of hydrogen-bond acceptors (Lipinski definition) is 6. The lowest BCUT2D eigenvalue weighted by Gasteiger charge is -2.23. The molecule has 1 unspecified atom stereocenters. The van der Waals surface area contributed by atoms with Gasteiger partial charge in [-0.2, -0.15) is 0 Å². The zero-order valence-electron chi connectivity index (χ0n) is 14.5. The highest BCUT2D eigenvalue weighted by molar-refractivity contribution is 5.62. The van der Waals surface area contributed by atoms with Crippen LogP contribution < -0.4 is 0 Å². The molecule has 132 valence electrons. The van der Waals surface area contributed by atoms with Gasteiger partial charge in [0.2, 0.25) is 0 Å². The van der Waals surface area contributed by atoms with Crippen LogP contribution >= 0.6 is 0 Å². The molecule has 1 aromatic rings. The normalized spacial score (nSPS) is 35.0. The molecule has 0 radical (unpaired) electrons. The first kappa shape index (κ1) is 16.2. The number of ether oxygens (including phenoxy) is 4. The molecule has 1 aromatic heterocycles. The van der Waals surface area contributed by atoms with Gasteiger partial charge in [0.15, 0.2) is 12.1 Å². The number of methoxy groups -OCH3 is 1. The minimum absolute atomic E-state index is 0.161. The van der Waals surface area contributed by atoms with E-state index < -0.39 is 12.1 Å². The van der Waals surface area contributed by atoms with Gasteiger partial charge in [-0.1, -0.05) is 11.3 Å². The van der Waals surface area contributed by atoms with Crippen molar-refractivity contribution in [3.8, 4) is 0 Å². The lowest BCUT2D eigenvalue weighted by molar-refractivity contribution is -0.228. The molecule has 3 heterocycles. The van der Waals surface area contributed by atoms with Gasteiger partial charge in [-0.3, -0.25) is 0 Å². The van der Waals surface area contributed by atoms with Crippen LogP contribution in [0.4, 0.5) is 0 Å². The zero-order valence-corrected chi connectivity index (χ0v) is 14.5. The highest BCUT2D eigenvalue weighted by Gasteiger charge is 2.55. The van der Waals surface area contributed by atoms with Crippen molar-refractivity contribution >= 4 is 5.57 Å². The van der Waals surface area contributed by atoms with E-state index in [0.717, 1.165) is 18.5 Å². The third-order valence-electron chi connectivity index (χ3n) is 4.87. The second-order valence-electron chi connectivity index (χ2n) is 7.14. The van der Waals surface area contributed by atoms with Gasteiger partial charge in [-0.25, -0.2) is 4.68 Å². The van der Waals surface area contributed by atoms with E-state index in [1.54, 1.807) is 7.11 Å². The third-order valence-corrected chi connectivity index (χ3v) is 4.87. The lowest BCUT2D eigenvalue weighted by Crippen LogP contribution is -2.33. The topological polar surface area (TPSA) is 67.6 Å². The smallest absolute Gasteiger partial charge is 0.186 e. The standard InChI is InChI=1S/C17H25N3O4/c1-17(2)23-14-13(22-16(21-3)15(14)24-17)10-20-9-12(18-19-20)11-7-5-4-6-8-11/h7,9,13-16H,4-6,8,10H2,1-3H3/t13-,14+,15?,16-/m1/s1. The predicted octanol–water partition coefficient (Wildman–Crippen LogP) is 2.13.